The highest BCUT2D eigenvalue weighted by atomic mass is 127. The van der Waals surface area contributed by atoms with E-state index in [1.807, 2.05) is 136 Å². The van der Waals surface area contributed by atoms with Gasteiger partial charge in [0.1, 0.15) is 0 Å². The van der Waals surface area contributed by atoms with Gasteiger partial charge in [0.15, 0.2) is 0 Å². The van der Waals surface area contributed by atoms with Gasteiger partial charge in [-0.05, 0) is 142 Å². The minimum Gasteiger partial charge on any atom is -0.478 e. The lowest BCUT2D eigenvalue weighted by atomic mass is 10.1. The molecule has 51 heavy (non-hydrogen) atoms. The van der Waals surface area contributed by atoms with Crippen LogP contribution in [0.25, 0.3) is 0 Å². The van der Waals surface area contributed by atoms with Gasteiger partial charge in [-0.2, -0.15) is 0 Å². The predicted octanol–water partition coefficient (Wildman–Crippen LogP) is 6.54. The highest BCUT2D eigenvalue weighted by Crippen LogP contribution is 2.37. The molecule has 0 saturated heterocycles. The number of ether oxygens (including phenoxy) is 2. The number of aromatic carboxylic acids is 2. The second-order valence-electron chi connectivity index (χ2n) is 10.4. The second kappa shape index (κ2) is 23.5. The third-order valence-corrected chi connectivity index (χ3v) is 13.8. The van der Waals surface area contributed by atoms with Gasteiger partial charge in [0.05, 0.1) is 55.7 Å². The first-order chi connectivity index (χ1) is 24.1. The third-order valence-electron chi connectivity index (χ3n) is 6.86. The van der Waals surface area contributed by atoms with E-state index in [0.717, 1.165) is 0 Å². The van der Waals surface area contributed by atoms with E-state index in [1.165, 1.54) is 0 Å². The maximum atomic E-state index is 12.8. The lowest BCUT2D eigenvalue weighted by Gasteiger charge is -2.19. The summed E-state index contributed by atoms with van der Waals surface area (Å²) >= 11 is 11.8. The van der Waals surface area contributed by atoms with Crippen molar-refractivity contribution in [1.82, 2.24) is 10.6 Å². The summed E-state index contributed by atoms with van der Waals surface area (Å²) in [6.45, 7) is 4.53. The van der Waals surface area contributed by atoms with E-state index in [-0.39, 0.29) is 86.7 Å². The van der Waals surface area contributed by atoms with Gasteiger partial charge in [-0.15, -0.1) is 0 Å². The summed E-state index contributed by atoms with van der Waals surface area (Å²) in [6, 6.07) is 0. The molecule has 0 bridgehead atoms. The zero-order valence-electron chi connectivity index (χ0n) is 27.2. The summed E-state index contributed by atoms with van der Waals surface area (Å²) in [5.41, 5.74) is 2.05. The summed E-state index contributed by atoms with van der Waals surface area (Å²) in [5.74, 6) is -3.36. The lowest BCUT2D eigenvalue weighted by molar-refractivity contribution is -0.121. The average molecular weight is 1380 g/mol. The van der Waals surface area contributed by atoms with Crippen molar-refractivity contribution >= 4 is 182 Å². The summed E-state index contributed by atoms with van der Waals surface area (Å²) in [7, 11) is 0. The number of halogens is 6. The molecule has 14 nitrogen and oxygen atoms in total. The standard InChI is InChI=1S/C31H34I6N4O10/c1-3-16(42)38-12-14-22(32)20(30(46)47)26(36)28(24(14)34)40-18(44)6-10-50-8-5-9-51-11-7-19(45)41-29-25(35)15(13-39-17(43)4-2)23(33)21(27(29)37)31(48)49/h3-13H2,1-2H3,(H,38,42)(H,39,43)(H,40,44)(H,41,45)(H,46,47)(H,48,49). The van der Waals surface area contributed by atoms with Crippen molar-refractivity contribution in [3.8, 4) is 0 Å². The van der Waals surface area contributed by atoms with Crippen LogP contribution in [0.4, 0.5) is 11.4 Å². The van der Waals surface area contributed by atoms with E-state index in [1.54, 1.807) is 13.8 Å². The van der Waals surface area contributed by atoms with E-state index in [9.17, 15) is 39.0 Å². The van der Waals surface area contributed by atoms with Crippen molar-refractivity contribution in [3.05, 3.63) is 43.7 Å². The molecule has 0 aliphatic heterocycles. The first-order valence-corrected chi connectivity index (χ1v) is 21.7. The Bertz CT molecular complexity index is 1560. The fourth-order valence-corrected chi connectivity index (χ4v) is 12.7. The number of rotatable bonds is 20. The summed E-state index contributed by atoms with van der Waals surface area (Å²) in [6.07, 6.45) is 1.12. The molecule has 4 amide bonds. The molecule has 0 fully saturated rings. The molecule has 0 unspecified atom stereocenters. The fraction of sp³-hybridized carbons (Fsp3) is 0.419. The molecule has 0 atom stereocenters. The van der Waals surface area contributed by atoms with Gasteiger partial charge in [0.25, 0.3) is 0 Å². The summed E-state index contributed by atoms with van der Waals surface area (Å²) in [4.78, 5) is 73.2. The molecule has 0 aliphatic rings. The van der Waals surface area contributed by atoms with Crippen molar-refractivity contribution < 1.29 is 48.5 Å². The van der Waals surface area contributed by atoms with Crippen molar-refractivity contribution in [2.24, 2.45) is 0 Å². The van der Waals surface area contributed by atoms with Crippen LogP contribution in [0.3, 0.4) is 0 Å². The zero-order chi connectivity index (χ0) is 38.4. The summed E-state index contributed by atoms with van der Waals surface area (Å²) < 4.78 is 14.2. The Hall–Kier alpha value is -0.440. The van der Waals surface area contributed by atoms with Crippen LogP contribution in [-0.2, 0) is 41.7 Å². The van der Waals surface area contributed by atoms with Crippen LogP contribution in [0.1, 0.15) is 77.8 Å². The molecule has 2 rings (SSSR count). The van der Waals surface area contributed by atoms with Crippen LogP contribution in [0.2, 0.25) is 0 Å². The largest absolute Gasteiger partial charge is 0.478 e. The van der Waals surface area contributed by atoms with Gasteiger partial charge in [-0.1, -0.05) is 13.8 Å². The Morgan fingerprint density at radius 2 is 0.882 bits per heavy atom. The van der Waals surface area contributed by atoms with Gasteiger partial charge in [-0.25, -0.2) is 9.59 Å². The fourth-order valence-electron chi connectivity index (χ4n) is 4.16. The first kappa shape index (κ1) is 46.7. The Morgan fingerprint density at radius 3 is 1.20 bits per heavy atom. The van der Waals surface area contributed by atoms with E-state index >= 15 is 0 Å². The van der Waals surface area contributed by atoms with Crippen LogP contribution in [0.5, 0.6) is 0 Å². The van der Waals surface area contributed by atoms with Crippen molar-refractivity contribution in [1.29, 1.82) is 0 Å². The maximum absolute atomic E-state index is 12.8. The van der Waals surface area contributed by atoms with Crippen molar-refractivity contribution in [3.63, 3.8) is 0 Å². The van der Waals surface area contributed by atoms with Crippen LogP contribution in [0, 0.1) is 21.4 Å². The number of carbonyl (C=O) groups excluding carboxylic acids is 4. The molecule has 0 radical (unpaired) electrons. The monoisotopic (exact) mass is 1380 g/mol. The lowest BCUT2D eigenvalue weighted by Crippen LogP contribution is -2.25. The van der Waals surface area contributed by atoms with E-state index in [2.05, 4.69) is 21.3 Å². The average Bonchev–Trinajstić information content (AvgIpc) is 3.06. The van der Waals surface area contributed by atoms with Crippen LogP contribution in [0.15, 0.2) is 0 Å². The quantitative estimate of drug-likeness (QED) is 0.0623. The van der Waals surface area contributed by atoms with Crippen LogP contribution in [-0.4, -0.2) is 72.2 Å². The number of hydrogen-bond acceptors (Lipinski definition) is 8. The number of carboxylic acids is 2. The highest BCUT2D eigenvalue weighted by Gasteiger charge is 2.27. The molecule has 0 saturated carbocycles. The first-order valence-electron chi connectivity index (χ1n) is 15.2. The van der Waals surface area contributed by atoms with E-state index in [4.69, 9.17) is 9.47 Å². The van der Waals surface area contributed by atoms with Gasteiger partial charge in [0, 0.05) is 64.6 Å². The number of benzene rings is 2. The number of carbonyl (C=O) groups is 6. The van der Waals surface area contributed by atoms with Crippen molar-refractivity contribution in [2.75, 3.05) is 37.1 Å². The van der Waals surface area contributed by atoms with Crippen LogP contribution >= 0.6 is 136 Å². The van der Waals surface area contributed by atoms with E-state index in [0.29, 0.717) is 63.6 Å². The molecule has 0 spiro atoms. The molecule has 2 aromatic carbocycles. The van der Waals surface area contributed by atoms with Crippen molar-refractivity contribution in [2.45, 2.75) is 59.0 Å². The Morgan fingerprint density at radius 1 is 0.529 bits per heavy atom. The van der Waals surface area contributed by atoms with E-state index < -0.39 is 11.9 Å². The molecule has 2 aromatic rings. The number of hydrogen-bond donors (Lipinski definition) is 6. The Balaban J connectivity index is 1.84. The van der Waals surface area contributed by atoms with Gasteiger partial charge >= 0.3 is 11.9 Å². The SMILES string of the molecule is CCC(=O)NCc1c(I)c(NC(=O)CCOCCCOCCC(=O)Nc2c(I)c(CNC(=O)CC)c(I)c(C(=O)O)c2I)c(I)c(C(=O)O)c1I. The molecular weight excluding hydrogens is 1350 g/mol. The predicted molar refractivity (Wildman–Crippen MR) is 240 cm³/mol. The van der Waals surface area contributed by atoms with Gasteiger partial charge in [0.2, 0.25) is 23.6 Å². The van der Waals surface area contributed by atoms with Gasteiger partial charge < -0.3 is 41.0 Å². The molecule has 280 valence electrons. The molecular formula is C31H34I6N4O10. The van der Waals surface area contributed by atoms with Gasteiger partial charge in [-0.3, -0.25) is 19.2 Å². The summed E-state index contributed by atoms with van der Waals surface area (Å²) in [5, 5.41) is 30.8. The number of nitrogens with one attached hydrogen (secondary N) is 4. The molecule has 0 aromatic heterocycles. The highest BCUT2D eigenvalue weighted by molar-refractivity contribution is 14.1. The van der Waals surface area contributed by atoms with Crippen LogP contribution < -0.4 is 21.3 Å². The number of carboxylic acid groups (broad SMARTS) is 2. The normalized spacial score (nSPS) is 10.8. The maximum Gasteiger partial charge on any atom is 0.337 e. The minimum atomic E-state index is -1.14. The second-order valence-corrected chi connectivity index (χ2v) is 16.9. The minimum absolute atomic E-state index is 0.0237. The zero-order valence-corrected chi connectivity index (χ0v) is 40.2. The number of amides is 4. The molecule has 0 aliphatic carbocycles. The Kier molecular flexibility index (Phi) is 21.5. The smallest absolute Gasteiger partial charge is 0.337 e. The molecule has 0 heterocycles. The Labute approximate surface area is 376 Å². The molecule has 6 N–H and O–H groups in total. The number of anilines is 2. The topological polar surface area (TPSA) is 209 Å². The molecule has 20 heteroatoms. The third kappa shape index (κ3) is 14.0.